The van der Waals surface area contributed by atoms with Gasteiger partial charge in [-0.15, -0.1) is 0 Å². The Kier molecular flexibility index (Phi) is 5.47. The molecule has 170 valence electrons. The van der Waals surface area contributed by atoms with Crippen LogP contribution in [0, 0.1) is 0 Å². The van der Waals surface area contributed by atoms with Gasteiger partial charge in [0, 0.05) is 42.6 Å². The first-order valence-electron chi connectivity index (χ1n) is 9.62. The Bertz CT molecular complexity index is 1310. The first-order valence-corrected chi connectivity index (χ1v) is 9.62. The summed E-state index contributed by atoms with van der Waals surface area (Å²) in [6.07, 6.45) is -4.46. The van der Waals surface area contributed by atoms with Crippen LogP contribution >= 0.6 is 0 Å². The maximum atomic E-state index is 13.0. The number of hydrogen-bond acceptors (Lipinski definition) is 3. The molecular weight excluding hydrogens is 440 g/mol. The van der Waals surface area contributed by atoms with Gasteiger partial charge in [0.2, 0.25) is 0 Å². The van der Waals surface area contributed by atoms with Crippen LogP contribution in [0.15, 0.2) is 47.8 Å². The normalized spacial score (nSPS) is 12.8. The van der Waals surface area contributed by atoms with E-state index >= 15 is 0 Å². The monoisotopic (exact) mass is 457 g/mol. The van der Waals surface area contributed by atoms with E-state index in [0.717, 1.165) is 4.57 Å². The smallest absolute Gasteiger partial charge is 0.343 e. The zero-order chi connectivity index (χ0) is 23.1. The highest BCUT2D eigenvalue weighted by atomic mass is 19.4. The fourth-order valence-electron chi connectivity index (χ4n) is 3.81. The third-order valence-corrected chi connectivity index (χ3v) is 5.11. The number of rotatable bonds is 6. The maximum absolute atomic E-state index is 13.0. The summed E-state index contributed by atoms with van der Waals surface area (Å²) in [6.45, 7) is -1.57. The van der Waals surface area contributed by atoms with Gasteiger partial charge in [0.25, 0.3) is 0 Å². The van der Waals surface area contributed by atoms with E-state index in [1.807, 2.05) is 0 Å². The van der Waals surface area contributed by atoms with Crippen LogP contribution in [0.25, 0.3) is 21.9 Å². The molecule has 6 nitrogen and oxygen atoms in total. The Morgan fingerprint density at radius 3 is 2.19 bits per heavy atom. The molecule has 12 heteroatoms. The summed E-state index contributed by atoms with van der Waals surface area (Å²) in [4.78, 5) is 20.8. The van der Waals surface area contributed by atoms with E-state index in [0.29, 0.717) is 21.2 Å². The number of aromatic nitrogens is 5. The van der Waals surface area contributed by atoms with E-state index in [4.69, 9.17) is 0 Å². The quantitative estimate of drug-likeness (QED) is 0.401. The van der Waals surface area contributed by atoms with E-state index in [1.165, 1.54) is 30.9 Å². The van der Waals surface area contributed by atoms with Crippen molar-refractivity contribution in [1.29, 1.82) is 0 Å². The van der Waals surface area contributed by atoms with Gasteiger partial charge in [-0.2, -0.15) is 26.3 Å². The number of nitrogens with zero attached hydrogens (tertiary/aromatic N) is 5. The van der Waals surface area contributed by atoms with Crippen LogP contribution in [0.3, 0.4) is 0 Å². The van der Waals surface area contributed by atoms with Crippen molar-refractivity contribution in [3.05, 3.63) is 59.2 Å². The summed E-state index contributed by atoms with van der Waals surface area (Å²) in [6, 6.07) is 4.64. The Labute approximate surface area is 176 Å². The molecule has 0 radical (unpaired) electrons. The predicted octanol–water partition coefficient (Wildman–Crippen LogP) is 4.50. The van der Waals surface area contributed by atoms with Gasteiger partial charge >= 0.3 is 18.0 Å². The van der Waals surface area contributed by atoms with E-state index in [2.05, 4.69) is 9.97 Å². The summed E-state index contributed by atoms with van der Waals surface area (Å²) < 4.78 is 80.5. The summed E-state index contributed by atoms with van der Waals surface area (Å²) in [7, 11) is 0. The lowest BCUT2D eigenvalue weighted by molar-refractivity contribution is -0.140. The van der Waals surface area contributed by atoms with Gasteiger partial charge in [-0.05, 0) is 24.6 Å². The van der Waals surface area contributed by atoms with Gasteiger partial charge in [0.1, 0.15) is 6.54 Å². The van der Waals surface area contributed by atoms with E-state index in [-0.39, 0.29) is 30.5 Å². The average molecular weight is 457 g/mol. The number of imidazole rings is 1. The first-order chi connectivity index (χ1) is 15.0. The lowest BCUT2D eigenvalue weighted by Gasteiger charge is -2.12. The number of halogens is 6. The second-order valence-electron chi connectivity index (χ2n) is 7.37. The lowest BCUT2D eigenvalue weighted by Crippen LogP contribution is -2.30. The summed E-state index contributed by atoms with van der Waals surface area (Å²) in [5.41, 5.74) is 0.501. The number of pyridine rings is 2. The highest BCUT2D eigenvalue weighted by Crippen LogP contribution is 2.26. The Morgan fingerprint density at radius 2 is 1.50 bits per heavy atom. The van der Waals surface area contributed by atoms with Crippen molar-refractivity contribution in [3.63, 3.8) is 0 Å². The SMILES string of the molecule is O=c1n(Cc2cc3cnccc3n2CCCC(F)(F)F)c2cnccc2n1CC(F)(F)F. The molecule has 4 aromatic heterocycles. The summed E-state index contributed by atoms with van der Waals surface area (Å²) in [5, 5.41) is 0.653. The Hall–Kier alpha value is -3.31. The van der Waals surface area contributed by atoms with Crippen LogP contribution < -0.4 is 5.69 Å². The van der Waals surface area contributed by atoms with Gasteiger partial charge in [-0.3, -0.25) is 19.1 Å². The van der Waals surface area contributed by atoms with Crippen molar-refractivity contribution >= 4 is 21.9 Å². The molecule has 4 heterocycles. The number of alkyl halides is 6. The third kappa shape index (κ3) is 4.48. The van der Waals surface area contributed by atoms with Crippen LogP contribution in [-0.2, 0) is 19.6 Å². The molecule has 0 unspecified atom stereocenters. The lowest BCUT2D eigenvalue weighted by atomic mass is 10.3. The molecule has 0 aliphatic heterocycles. The third-order valence-electron chi connectivity index (χ3n) is 5.11. The van der Waals surface area contributed by atoms with Gasteiger partial charge in [-0.1, -0.05) is 0 Å². The predicted molar refractivity (Wildman–Crippen MR) is 104 cm³/mol. The molecule has 0 saturated carbocycles. The minimum atomic E-state index is -4.61. The minimum absolute atomic E-state index is 0.0244. The Balaban J connectivity index is 1.78. The number of hydrogen-bond donors (Lipinski definition) is 0. The van der Waals surface area contributed by atoms with E-state index in [9.17, 15) is 31.1 Å². The van der Waals surface area contributed by atoms with Crippen LogP contribution in [0.4, 0.5) is 26.3 Å². The molecule has 0 atom stereocenters. The zero-order valence-corrected chi connectivity index (χ0v) is 16.5. The molecule has 4 aromatic rings. The molecule has 0 fully saturated rings. The standard InChI is InChI=1S/C20H17F6N5O/c21-19(22,23)4-1-7-29-14(8-13-9-27-5-2-15(13)29)11-30-17-10-28-6-3-16(17)31(18(30)32)12-20(24,25)26/h2-3,5-6,8-10H,1,4,7,11-12H2. The van der Waals surface area contributed by atoms with Crippen LogP contribution in [-0.4, -0.2) is 36.0 Å². The summed E-state index contributed by atoms with van der Waals surface area (Å²) in [5.74, 6) is 0. The van der Waals surface area contributed by atoms with Gasteiger partial charge < -0.3 is 4.57 Å². The highest BCUT2D eigenvalue weighted by Gasteiger charge is 2.31. The zero-order valence-electron chi connectivity index (χ0n) is 16.5. The second kappa shape index (κ2) is 7.99. The fourth-order valence-corrected chi connectivity index (χ4v) is 3.81. The largest absolute Gasteiger partial charge is 0.406 e. The maximum Gasteiger partial charge on any atom is 0.406 e. The molecule has 0 aliphatic carbocycles. The molecule has 0 bridgehead atoms. The number of aryl methyl sites for hydroxylation is 1. The molecule has 32 heavy (non-hydrogen) atoms. The van der Waals surface area contributed by atoms with Crippen molar-refractivity contribution in [2.24, 2.45) is 0 Å². The van der Waals surface area contributed by atoms with Gasteiger partial charge in [-0.25, -0.2) is 4.79 Å². The topological polar surface area (TPSA) is 57.6 Å². The van der Waals surface area contributed by atoms with Gasteiger partial charge in [0.05, 0.1) is 29.3 Å². The average Bonchev–Trinajstić information content (AvgIpc) is 3.17. The van der Waals surface area contributed by atoms with Crippen LogP contribution in [0.1, 0.15) is 18.5 Å². The molecule has 0 aliphatic rings. The van der Waals surface area contributed by atoms with Crippen LogP contribution in [0.5, 0.6) is 0 Å². The molecule has 4 rings (SSSR count). The summed E-state index contributed by atoms with van der Waals surface area (Å²) >= 11 is 0. The van der Waals surface area contributed by atoms with E-state index in [1.54, 1.807) is 16.7 Å². The number of fused-ring (bicyclic) bond motifs is 2. The minimum Gasteiger partial charge on any atom is -0.343 e. The highest BCUT2D eigenvalue weighted by molar-refractivity contribution is 5.80. The molecule has 0 aromatic carbocycles. The van der Waals surface area contributed by atoms with Crippen molar-refractivity contribution in [1.82, 2.24) is 23.7 Å². The van der Waals surface area contributed by atoms with E-state index < -0.39 is 31.0 Å². The van der Waals surface area contributed by atoms with Crippen molar-refractivity contribution in [3.8, 4) is 0 Å². The van der Waals surface area contributed by atoms with Crippen molar-refractivity contribution < 1.29 is 26.3 Å². The van der Waals surface area contributed by atoms with Crippen molar-refractivity contribution in [2.75, 3.05) is 0 Å². The fraction of sp³-hybridized carbons (Fsp3) is 0.350. The molecule has 0 amide bonds. The first kappa shape index (κ1) is 21.9. The second-order valence-corrected chi connectivity index (χ2v) is 7.37. The van der Waals surface area contributed by atoms with Gasteiger partial charge in [0.15, 0.2) is 0 Å². The van der Waals surface area contributed by atoms with Crippen molar-refractivity contribution in [2.45, 2.75) is 44.8 Å². The molecule has 0 saturated heterocycles. The van der Waals surface area contributed by atoms with Crippen LogP contribution in [0.2, 0.25) is 0 Å². The Morgan fingerprint density at radius 1 is 0.812 bits per heavy atom. The molecular formula is C20H17F6N5O. The molecule has 0 spiro atoms. The molecule has 0 N–H and O–H groups in total.